The molecule has 3 amide bonds. The van der Waals surface area contributed by atoms with Crippen LogP contribution in [0.1, 0.15) is 30.3 Å². The highest BCUT2D eigenvalue weighted by atomic mass is 16.5. The van der Waals surface area contributed by atoms with Gasteiger partial charge in [0.2, 0.25) is 0 Å². The van der Waals surface area contributed by atoms with Crippen LogP contribution in [-0.2, 0) is 9.47 Å². The Morgan fingerprint density at radius 3 is 2.77 bits per heavy atom. The largest absolute Gasteiger partial charge is 0.381 e. The van der Waals surface area contributed by atoms with Crippen molar-refractivity contribution in [2.75, 3.05) is 45.7 Å². The Morgan fingerprint density at radius 2 is 2.08 bits per heavy atom. The molecule has 1 atom stereocenters. The lowest BCUT2D eigenvalue weighted by atomic mass is 9.91. The second kappa shape index (κ2) is 7.59. The van der Waals surface area contributed by atoms with Gasteiger partial charge in [0.25, 0.3) is 5.91 Å². The van der Waals surface area contributed by atoms with Crippen molar-refractivity contribution in [3.63, 3.8) is 0 Å². The molecule has 8 heteroatoms. The van der Waals surface area contributed by atoms with Crippen LogP contribution >= 0.6 is 0 Å². The summed E-state index contributed by atoms with van der Waals surface area (Å²) in [6, 6.07) is 3.08. The fourth-order valence-corrected chi connectivity index (χ4v) is 3.46. The van der Waals surface area contributed by atoms with Crippen molar-refractivity contribution in [3.8, 4) is 0 Å². The highest BCUT2D eigenvalue weighted by molar-refractivity contribution is 5.95. The van der Waals surface area contributed by atoms with Crippen molar-refractivity contribution in [2.24, 2.45) is 0 Å². The third-order valence-corrected chi connectivity index (χ3v) is 4.74. The maximum Gasteiger partial charge on any atom is 0.322 e. The molecule has 0 aliphatic carbocycles. The molecule has 0 radical (unpaired) electrons. The maximum atomic E-state index is 12.8. The van der Waals surface area contributed by atoms with E-state index in [1.54, 1.807) is 31.1 Å². The van der Waals surface area contributed by atoms with Crippen LogP contribution in [0.15, 0.2) is 18.3 Å². The molecule has 1 aromatic rings. The molecule has 8 nitrogen and oxygen atoms in total. The summed E-state index contributed by atoms with van der Waals surface area (Å²) in [6.45, 7) is 4.37. The van der Waals surface area contributed by atoms with Crippen LogP contribution in [0.4, 0.5) is 10.5 Å². The highest BCUT2D eigenvalue weighted by Gasteiger charge is 2.42. The number of hydrogen-bond donors (Lipinski definition) is 1. The van der Waals surface area contributed by atoms with Gasteiger partial charge in [0.05, 0.1) is 18.2 Å². The topological polar surface area (TPSA) is 84.0 Å². The molecule has 1 aromatic heterocycles. The minimum atomic E-state index is -0.322. The van der Waals surface area contributed by atoms with E-state index in [4.69, 9.17) is 9.47 Å². The Morgan fingerprint density at radius 1 is 1.35 bits per heavy atom. The number of carbonyl (C=O) groups excluding carboxylic acids is 2. The Kier molecular flexibility index (Phi) is 5.43. The molecular weight excluding hydrogens is 336 g/mol. The molecule has 2 aliphatic rings. The van der Waals surface area contributed by atoms with Crippen molar-refractivity contribution in [3.05, 3.63) is 24.0 Å². The lowest BCUT2D eigenvalue weighted by molar-refractivity contribution is -0.174. The first-order chi connectivity index (χ1) is 12.4. The normalized spacial score (nSPS) is 22.1. The molecule has 26 heavy (non-hydrogen) atoms. The molecule has 2 aliphatic heterocycles. The first kappa shape index (κ1) is 18.6. The minimum Gasteiger partial charge on any atom is -0.381 e. The van der Waals surface area contributed by atoms with Gasteiger partial charge < -0.3 is 24.6 Å². The average molecular weight is 362 g/mol. The molecule has 2 fully saturated rings. The number of aromatic nitrogens is 1. The van der Waals surface area contributed by atoms with E-state index in [1.807, 2.05) is 6.92 Å². The minimum absolute atomic E-state index is 0.0316. The summed E-state index contributed by atoms with van der Waals surface area (Å²) < 4.78 is 11.6. The van der Waals surface area contributed by atoms with Crippen LogP contribution in [0.5, 0.6) is 0 Å². The number of urea groups is 1. The lowest BCUT2D eigenvalue weighted by Crippen LogP contribution is -2.59. The third-order valence-electron chi connectivity index (χ3n) is 4.74. The number of pyridine rings is 1. The number of rotatable bonds is 2. The number of ether oxygens (including phenoxy) is 2. The van der Waals surface area contributed by atoms with E-state index >= 15 is 0 Å². The van der Waals surface area contributed by atoms with Gasteiger partial charge in [-0.3, -0.25) is 9.78 Å². The van der Waals surface area contributed by atoms with Gasteiger partial charge in [-0.1, -0.05) is 0 Å². The zero-order valence-corrected chi connectivity index (χ0v) is 15.5. The van der Waals surface area contributed by atoms with E-state index in [1.165, 1.54) is 11.1 Å². The predicted octanol–water partition coefficient (Wildman–Crippen LogP) is 1.59. The zero-order chi connectivity index (χ0) is 18.7. The van der Waals surface area contributed by atoms with E-state index in [2.05, 4.69) is 10.3 Å². The Hall–Kier alpha value is -2.19. The molecule has 3 heterocycles. The van der Waals surface area contributed by atoms with Crippen molar-refractivity contribution in [1.82, 2.24) is 14.8 Å². The number of nitrogens with zero attached hydrogens (tertiary/aromatic N) is 3. The van der Waals surface area contributed by atoms with Gasteiger partial charge in [-0.05, 0) is 19.1 Å². The second-order valence-electron chi connectivity index (χ2n) is 7.16. The third kappa shape index (κ3) is 4.13. The fraction of sp³-hybridized carbons (Fsp3) is 0.611. The summed E-state index contributed by atoms with van der Waals surface area (Å²) >= 11 is 0. The van der Waals surface area contributed by atoms with E-state index in [0.29, 0.717) is 37.7 Å². The SMILES string of the molecule is CC1CN(C(=O)Nc2ccnc(C(=O)N(C)C)c2)CC2(CCOCC2)O1. The Labute approximate surface area is 153 Å². The summed E-state index contributed by atoms with van der Waals surface area (Å²) in [5.41, 5.74) is 0.525. The standard InChI is InChI=1S/C18H26N4O4/c1-13-11-22(12-18(26-13)5-8-25-9-6-18)17(24)20-14-4-7-19-15(10-14)16(23)21(2)3/h4,7,10,13H,5-6,8-9,11-12H2,1-3H3,(H,19,20,24). The van der Waals surface area contributed by atoms with Crippen molar-refractivity contribution >= 4 is 17.6 Å². The summed E-state index contributed by atoms with van der Waals surface area (Å²) in [6.07, 6.45) is 3.07. The van der Waals surface area contributed by atoms with E-state index in [9.17, 15) is 9.59 Å². The Balaban J connectivity index is 1.69. The summed E-state index contributed by atoms with van der Waals surface area (Å²) in [4.78, 5) is 32.1. The summed E-state index contributed by atoms with van der Waals surface area (Å²) in [5.74, 6) is -0.206. The lowest BCUT2D eigenvalue weighted by Gasteiger charge is -2.47. The molecule has 142 valence electrons. The predicted molar refractivity (Wildman–Crippen MR) is 96.2 cm³/mol. The van der Waals surface area contributed by atoms with Gasteiger partial charge in [-0.2, -0.15) is 0 Å². The first-order valence-corrected chi connectivity index (χ1v) is 8.88. The van der Waals surface area contributed by atoms with Gasteiger partial charge in [-0.15, -0.1) is 0 Å². The van der Waals surface area contributed by atoms with Gasteiger partial charge in [-0.25, -0.2) is 4.79 Å². The fourth-order valence-electron chi connectivity index (χ4n) is 3.46. The number of anilines is 1. The van der Waals surface area contributed by atoms with Gasteiger partial charge >= 0.3 is 6.03 Å². The average Bonchev–Trinajstić information content (AvgIpc) is 2.61. The molecule has 1 unspecified atom stereocenters. The summed E-state index contributed by atoms with van der Waals surface area (Å²) in [5, 5.41) is 2.88. The summed E-state index contributed by atoms with van der Waals surface area (Å²) in [7, 11) is 3.33. The number of amides is 3. The number of hydrogen-bond acceptors (Lipinski definition) is 5. The molecule has 0 saturated carbocycles. The number of morpholine rings is 1. The quantitative estimate of drug-likeness (QED) is 0.864. The molecule has 0 aromatic carbocycles. The Bertz CT molecular complexity index is 673. The molecule has 1 spiro atoms. The highest BCUT2D eigenvalue weighted by Crippen LogP contribution is 2.31. The number of nitrogens with one attached hydrogen (secondary N) is 1. The molecule has 0 bridgehead atoms. The van der Waals surface area contributed by atoms with Crippen molar-refractivity contribution in [2.45, 2.75) is 31.5 Å². The van der Waals surface area contributed by atoms with Crippen molar-refractivity contribution in [1.29, 1.82) is 0 Å². The number of carbonyl (C=O) groups is 2. The van der Waals surface area contributed by atoms with E-state index in [0.717, 1.165) is 12.8 Å². The maximum absolute atomic E-state index is 12.8. The second-order valence-corrected chi connectivity index (χ2v) is 7.16. The zero-order valence-electron chi connectivity index (χ0n) is 15.5. The monoisotopic (exact) mass is 362 g/mol. The van der Waals surface area contributed by atoms with Gasteiger partial charge in [0, 0.05) is 58.6 Å². The van der Waals surface area contributed by atoms with Crippen LogP contribution in [-0.4, -0.2) is 78.8 Å². The van der Waals surface area contributed by atoms with Crippen molar-refractivity contribution < 1.29 is 19.1 Å². The van der Waals surface area contributed by atoms with Crippen LogP contribution in [0.2, 0.25) is 0 Å². The van der Waals surface area contributed by atoms with E-state index < -0.39 is 0 Å². The van der Waals surface area contributed by atoms with Crippen LogP contribution < -0.4 is 5.32 Å². The molecular formula is C18H26N4O4. The van der Waals surface area contributed by atoms with E-state index in [-0.39, 0.29) is 23.6 Å². The molecule has 2 saturated heterocycles. The molecule has 1 N–H and O–H groups in total. The van der Waals surface area contributed by atoms with Gasteiger partial charge in [0.15, 0.2) is 0 Å². The van der Waals surface area contributed by atoms with Gasteiger partial charge in [0.1, 0.15) is 5.69 Å². The smallest absolute Gasteiger partial charge is 0.322 e. The van der Waals surface area contributed by atoms with Crippen LogP contribution in [0.3, 0.4) is 0 Å². The van der Waals surface area contributed by atoms with Crippen LogP contribution in [0.25, 0.3) is 0 Å². The first-order valence-electron chi connectivity index (χ1n) is 8.88. The van der Waals surface area contributed by atoms with Crippen LogP contribution in [0, 0.1) is 0 Å². The molecule has 3 rings (SSSR count).